The molecule has 0 N–H and O–H groups in total. The van der Waals surface area contributed by atoms with Gasteiger partial charge in [-0.2, -0.15) is 0 Å². The Bertz CT molecular complexity index is 223. The molecule has 1 heteroatoms. The highest BCUT2D eigenvalue weighted by Crippen LogP contribution is 1.85. The third-order valence-electron chi connectivity index (χ3n) is 0.771. The monoisotopic (exact) mass is 134 g/mol. The number of allylic oxidation sites excluding steroid dienone is 3. The molecule has 0 aromatic carbocycles. The van der Waals surface area contributed by atoms with Crippen molar-refractivity contribution in [3.63, 3.8) is 0 Å². The van der Waals surface area contributed by atoms with Gasteiger partial charge in [0, 0.05) is 0 Å². The largest absolute Gasteiger partial charge is 0.298 e. The number of rotatable bonds is 1. The summed E-state index contributed by atoms with van der Waals surface area (Å²) in [6.45, 7) is 7.11. The summed E-state index contributed by atoms with van der Waals surface area (Å²) in [6, 6.07) is 0. The number of aldehydes is 1. The van der Waals surface area contributed by atoms with E-state index in [-0.39, 0.29) is 0 Å². The Hall–Kier alpha value is -1.29. The second-order valence-corrected chi connectivity index (χ2v) is 2.06. The Morgan fingerprint density at radius 2 is 2.10 bits per heavy atom. The summed E-state index contributed by atoms with van der Waals surface area (Å²) < 4.78 is 0. The predicted octanol–water partition coefficient (Wildman–Crippen LogP) is 1.71. The van der Waals surface area contributed by atoms with Crippen molar-refractivity contribution in [2.45, 2.75) is 13.8 Å². The van der Waals surface area contributed by atoms with Crippen molar-refractivity contribution < 1.29 is 4.79 Å². The molecule has 0 aliphatic heterocycles. The van der Waals surface area contributed by atoms with E-state index in [1.807, 2.05) is 6.92 Å². The van der Waals surface area contributed by atoms with E-state index in [4.69, 9.17) is 0 Å². The minimum Gasteiger partial charge on any atom is -0.298 e. The molecule has 0 unspecified atom stereocenters. The fourth-order valence-corrected chi connectivity index (χ4v) is 0.307. The second-order valence-electron chi connectivity index (χ2n) is 2.06. The maximum atomic E-state index is 10.0. The van der Waals surface area contributed by atoms with Gasteiger partial charge in [-0.05, 0) is 31.1 Å². The SMILES string of the molecule is C=C(C)C#CC=C(C)C=O. The third-order valence-corrected chi connectivity index (χ3v) is 0.771. The molecule has 0 saturated heterocycles. The van der Waals surface area contributed by atoms with E-state index < -0.39 is 0 Å². The number of hydrogen-bond acceptors (Lipinski definition) is 1. The Morgan fingerprint density at radius 3 is 2.50 bits per heavy atom. The van der Waals surface area contributed by atoms with Crippen LogP contribution in [0.5, 0.6) is 0 Å². The molecule has 0 aromatic heterocycles. The average Bonchev–Trinajstić information content (AvgIpc) is 1.87. The Morgan fingerprint density at radius 1 is 1.50 bits per heavy atom. The lowest BCUT2D eigenvalue weighted by molar-refractivity contribution is -0.104. The van der Waals surface area contributed by atoms with Gasteiger partial charge in [-0.1, -0.05) is 18.4 Å². The molecule has 1 nitrogen and oxygen atoms in total. The van der Waals surface area contributed by atoms with Crippen LogP contribution in [0.25, 0.3) is 0 Å². The van der Waals surface area contributed by atoms with Crippen molar-refractivity contribution >= 4 is 6.29 Å². The van der Waals surface area contributed by atoms with Crippen molar-refractivity contribution in [1.82, 2.24) is 0 Å². The highest BCUT2D eigenvalue weighted by molar-refractivity contribution is 5.73. The molecule has 0 amide bonds. The van der Waals surface area contributed by atoms with Crippen molar-refractivity contribution in [3.05, 3.63) is 23.8 Å². The second kappa shape index (κ2) is 4.58. The number of carbonyl (C=O) groups excluding carboxylic acids is 1. The molecule has 0 spiro atoms. The van der Waals surface area contributed by atoms with Crippen molar-refractivity contribution in [1.29, 1.82) is 0 Å². The molecular formula is C9H10O. The molecule has 0 radical (unpaired) electrons. The normalized spacial score (nSPS) is 9.60. The summed E-state index contributed by atoms with van der Waals surface area (Å²) in [4.78, 5) is 10.0. The van der Waals surface area contributed by atoms with Crippen molar-refractivity contribution in [2.24, 2.45) is 0 Å². The maximum absolute atomic E-state index is 10.0. The third kappa shape index (κ3) is 4.86. The molecular weight excluding hydrogens is 124 g/mol. The zero-order valence-corrected chi connectivity index (χ0v) is 6.27. The van der Waals surface area contributed by atoms with Gasteiger partial charge in [-0.25, -0.2) is 0 Å². The summed E-state index contributed by atoms with van der Waals surface area (Å²) >= 11 is 0. The highest BCUT2D eigenvalue weighted by atomic mass is 16.1. The minimum atomic E-state index is 0.633. The van der Waals surface area contributed by atoms with Crippen LogP contribution < -0.4 is 0 Å². The van der Waals surface area contributed by atoms with Gasteiger partial charge in [-0.15, -0.1) is 0 Å². The number of carbonyl (C=O) groups is 1. The maximum Gasteiger partial charge on any atom is 0.146 e. The van der Waals surface area contributed by atoms with Gasteiger partial charge in [0.05, 0.1) is 0 Å². The van der Waals surface area contributed by atoms with Crippen LogP contribution in [-0.2, 0) is 4.79 Å². The Kier molecular flexibility index (Phi) is 3.99. The summed E-state index contributed by atoms with van der Waals surface area (Å²) in [5.74, 6) is 5.42. The molecule has 10 heavy (non-hydrogen) atoms. The minimum absolute atomic E-state index is 0.633. The quantitative estimate of drug-likeness (QED) is 0.303. The smallest absolute Gasteiger partial charge is 0.146 e. The van der Waals surface area contributed by atoms with Crippen LogP contribution in [-0.4, -0.2) is 6.29 Å². The molecule has 0 aromatic rings. The van der Waals surface area contributed by atoms with Crippen LogP contribution in [0.4, 0.5) is 0 Å². The van der Waals surface area contributed by atoms with Crippen LogP contribution in [0, 0.1) is 11.8 Å². The fourth-order valence-electron chi connectivity index (χ4n) is 0.307. The van der Waals surface area contributed by atoms with Gasteiger partial charge in [-0.3, -0.25) is 4.79 Å². The van der Waals surface area contributed by atoms with E-state index in [0.717, 1.165) is 11.9 Å². The molecule has 0 saturated carbocycles. The van der Waals surface area contributed by atoms with E-state index in [0.29, 0.717) is 5.57 Å². The first-order valence-corrected chi connectivity index (χ1v) is 2.96. The first kappa shape index (κ1) is 8.71. The van der Waals surface area contributed by atoms with Gasteiger partial charge in [0.25, 0.3) is 0 Å². The molecule has 0 atom stereocenters. The number of hydrogen-bond donors (Lipinski definition) is 0. The zero-order valence-electron chi connectivity index (χ0n) is 6.27. The topological polar surface area (TPSA) is 17.1 Å². The van der Waals surface area contributed by atoms with Gasteiger partial charge in [0.2, 0.25) is 0 Å². The zero-order chi connectivity index (χ0) is 7.98. The molecule has 0 bridgehead atoms. The van der Waals surface area contributed by atoms with E-state index >= 15 is 0 Å². The average molecular weight is 134 g/mol. The molecule has 0 fully saturated rings. The van der Waals surface area contributed by atoms with Crippen molar-refractivity contribution in [3.8, 4) is 11.8 Å². The first-order chi connectivity index (χ1) is 4.66. The van der Waals surface area contributed by atoms with Crippen molar-refractivity contribution in [2.75, 3.05) is 0 Å². The summed E-state index contributed by atoms with van der Waals surface area (Å²) in [6.07, 6.45) is 2.34. The van der Waals surface area contributed by atoms with Gasteiger partial charge < -0.3 is 0 Å². The van der Waals surface area contributed by atoms with Gasteiger partial charge in [0.1, 0.15) is 6.29 Å². The van der Waals surface area contributed by atoms with Crippen LogP contribution >= 0.6 is 0 Å². The van der Waals surface area contributed by atoms with Crippen LogP contribution in [0.3, 0.4) is 0 Å². The first-order valence-electron chi connectivity index (χ1n) is 2.96. The van der Waals surface area contributed by atoms with E-state index in [1.54, 1.807) is 13.0 Å². The fraction of sp³-hybridized carbons (Fsp3) is 0.222. The van der Waals surface area contributed by atoms with Gasteiger partial charge >= 0.3 is 0 Å². The van der Waals surface area contributed by atoms with Crippen LogP contribution in [0.1, 0.15) is 13.8 Å². The standard InChI is InChI=1S/C9H10O/c1-8(2)5-4-6-9(3)7-10/h6-7H,1H2,2-3H3. The van der Waals surface area contributed by atoms with E-state index in [9.17, 15) is 4.79 Å². The summed E-state index contributed by atoms with van der Waals surface area (Å²) in [5.41, 5.74) is 1.43. The lowest BCUT2D eigenvalue weighted by Crippen LogP contribution is -1.72. The molecule has 0 rings (SSSR count). The van der Waals surface area contributed by atoms with Crippen LogP contribution in [0.15, 0.2) is 23.8 Å². The molecule has 0 heterocycles. The molecule has 0 aliphatic rings. The van der Waals surface area contributed by atoms with E-state index in [1.165, 1.54) is 0 Å². The Labute approximate surface area is 61.4 Å². The van der Waals surface area contributed by atoms with E-state index in [2.05, 4.69) is 18.4 Å². The molecule has 0 aliphatic carbocycles. The highest BCUT2D eigenvalue weighted by Gasteiger charge is 1.77. The predicted molar refractivity (Wildman–Crippen MR) is 42.4 cm³/mol. The lowest BCUT2D eigenvalue weighted by Gasteiger charge is -1.77. The lowest BCUT2D eigenvalue weighted by atomic mass is 10.3. The Balaban J connectivity index is 4.09. The summed E-state index contributed by atoms with van der Waals surface area (Å²) in [7, 11) is 0. The molecule has 52 valence electrons. The summed E-state index contributed by atoms with van der Waals surface area (Å²) in [5, 5.41) is 0. The van der Waals surface area contributed by atoms with Crippen LogP contribution in [0.2, 0.25) is 0 Å². The van der Waals surface area contributed by atoms with Gasteiger partial charge in [0.15, 0.2) is 0 Å².